The minimum absolute atomic E-state index is 0.270. The van der Waals surface area contributed by atoms with Gasteiger partial charge in [-0.15, -0.1) is 0 Å². The Kier molecular flexibility index (Phi) is 6.44. The standard InChI is InChI=1S/C12H26N2O2S/c1-3-12-11-14(8-5-7-13-12)9-6-10-17(15,16)4-2/h12-13H,3-11H2,1-2H3. The first-order valence-corrected chi connectivity index (χ1v) is 8.55. The van der Waals surface area contributed by atoms with Crippen LogP contribution in [-0.4, -0.2) is 57.0 Å². The molecule has 0 aromatic rings. The van der Waals surface area contributed by atoms with E-state index in [1.54, 1.807) is 6.92 Å². The van der Waals surface area contributed by atoms with Crippen molar-refractivity contribution in [3.8, 4) is 0 Å². The molecule has 1 aliphatic heterocycles. The molecule has 1 rings (SSSR count). The van der Waals surface area contributed by atoms with Crippen molar-refractivity contribution in [2.45, 2.75) is 39.2 Å². The van der Waals surface area contributed by atoms with Crippen molar-refractivity contribution in [2.75, 3.05) is 37.7 Å². The maximum atomic E-state index is 11.4. The van der Waals surface area contributed by atoms with E-state index in [0.717, 1.165) is 45.4 Å². The van der Waals surface area contributed by atoms with Gasteiger partial charge in [-0.2, -0.15) is 0 Å². The lowest BCUT2D eigenvalue weighted by Gasteiger charge is -2.23. The molecule has 1 aliphatic rings. The third-order valence-electron chi connectivity index (χ3n) is 3.43. The molecule has 0 amide bonds. The first kappa shape index (κ1) is 14.9. The molecule has 102 valence electrons. The molecule has 4 nitrogen and oxygen atoms in total. The van der Waals surface area contributed by atoms with E-state index in [9.17, 15) is 8.42 Å². The highest BCUT2D eigenvalue weighted by Crippen LogP contribution is 2.05. The molecule has 1 atom stereocenters. The predicted octanol–water partition coefficient (Wildman–Crippen LogP) is 0.885. The van der Waals surface area contributed by atoms with Crippen LogP contribution in [0.4, 0.5) is 0 Å². The van der Waals surface area contributed by atoms with Gasteiger partial charge in [-0.05, 0) is 38.9 Å². The highest BCUT2D eigenvalue weighted by Gasteiger charge is 2.16. The van der Waals surface area contributed by atoms with E-state index < -0.39 is 9.84 Å². The molecule has 1 N–H and O–H groups in total. The minimum Gasteiger partial charge on any atom is -0.313 e. The quantitative estimate of drug-likeness (QED) is 0.772. The van der Waals surface area contributed by atoms with Crippen molar-refractivity contribution in [1.82, 2.24) is 10.2 Å². The van der Waals surface area contributed by atoms with E-state index in [1.807, 2.05) is 0 Å². The fourth-order valence-corrected chi connectivity index (χ4v) is 3.06. The maximum Gasteiger partial charge on any atom is 0.150 e. The molecule has 1 saturated heterocycles. The summed E-state index contributed by atoms with van der Waals surface area (Å²) in [5.41, 5.74) is 0. The summed E-state index contributed by atoms with van der Waals surface area (Å²) in [5, 5.41) is 3.52. The van der Waals surface area contributed by atoms with Crippen LogP contribution in [0.25, 0.3) is 0 Å². The highest BCUT2D eigenvalue weighted by molar-refractivity contribution is 7.91. The summed E-state index contributed by atoms with van der Waals surface area (Å²) in [5.74, 6) is 0.608. The fourth-order valence-electron chi connectivity index (χ4n) is 2.21. The van der Waals surface area contributed by atoms with Gasteiger partial charge in [0.25, 0.3) is 0 Å². The van der Waals surface area contributed by atoms with Crippen molar-refractivity contribution in [1.29, 1.82) is 0 Å². The Labute approximate surface area is 106 Å². The molecule has 0 spiro atoms. The fraction of sp³-hybridized carbons (Fsp3) is 1.00. The van der Waals surface area contributed by atoms with Gasteiger partial charge in [0.05, 0.1) is 5.75 Å². The van der Waals surface area contributed by atoms with E-state index in [1.165, 1.54) is 0 Å². The number of hydrogen-bond acceptors (Lipinski definition) is 4. The van der Waals surface area contributed by atoms with Crippen molar-refractivity contribution in [2.24, 2.45) is 0 Å². The molecule has 1 unspecified atom stereocenters. The summed E-state index contributed by atoms with van der Waals surface area (Å²) < 4.78 is 22.8. The molecule has 17 heavy (non-hydrogen) atoms. The monoisotopic (exact) mass is 262 g/mol. The lowest BCUT2D eigenvalue weighted by atomic mass is 10.2. The zero-order valence-corrected chi connectivity index (χ0v) is 11.9. The van der Waals surface area contributed by atoms with Gasteiger partial charge in [0, 0.05) is 18.3 Å². The molecule has 5 heteroatoms. The summed E-state index contributed by atoms with van der Waals surface area (Å²) >= 11 is 0. The zero-order valence-electron chi connectivity index (χ0n) is 11.1. The average Bonchev–Trinajstić information content (AvgIpc) is 2.54. The molecule has 0 radical (unpaired) electrons. The summed E-state index contributed by atoms with van der Waals surface area (Å²) in [6.45, 7) is 8.07. The second-order valence-electron chi connectivity index (χ2n) is 4.80. The Morgan fingerprint density at radius 2 is 2.12 bits per heavy atom. The topological polar surface area (TPSA) is 49.4 Å². The number of nitrogens with zero attached hydrogens (tertiary/aromatic N) is 1. The van der Waals surface area contributed by atoms with Crippen LogP contribution in [0.5, 0.6) is 0 Å². The Morgan fingerprint density at radius 3 is 2.76 bits per heavy atom. The molecule has 0 saturated carbocycles. The smallest absolute Gasteiger partial charge is 0.150 e. The van der Waals surface area contributed by atoms with Gasteiger partial charge in [-0.3, -0.25) is 0 Å². The van der Waals surface area contributed by atoms with Gasteiger partial charge in [-0.1, -0.05) is 13.8 Å². The van der Waals surface area contributed by atoms with Crippen LogP contribution in [-0.2, 0) is 9.84 Å². The molecule has 1 fully saturated rings. The van der Waals surface area contributed by atoms with Gasteiger partial charge < -0.3 is 10.2 Å². The molecule has 0 aromatic carbocycles. The summed E-state index contributed by atoms with van der Waals surface area (Å²) in [6.07, 6.45) is 3.08. The van der Waals surface area contributed by atoms with Crippen LogP contribution in [0.1, 0.15) is 33.1 Å². The van der Waals surface area contributed by atoms with Gasteiger partial charge in [0.1, 0.15) is 9.84 Å². The number of nitrogens with one attached hydrogen (secondary N) is 1. The van der Waals surface area contributed by atoms with Crippen molar-refractivity contribution in [3.63, 3.8) is 0 Å². The van der Waals surface area contributed by atoms with Gasteiger partial charge in [-0.25, -0.2) is 8.42 Å². The lowest BCUT2D eigenvalue weighted by Crippen LogP contribution is -2.37. The van der Waals surface area contributed by atoms with E-state index in [-0.39, 0.29) is 5.75 Å². The molecular weight excluding hydrogens is 236 g/mol. The average molecular weight is 262 g/mol. The van der Waals surface area contributed by atoms with Crippen molar-refractivity contribution < 1.29 is 8.42 Å². The molecule has 0 aliphatic carbocycles. The third-order valence-corrected chi connectivity index (χ3v) is 5.22. The van der Waals surface area contributed by atoms with Crippen LogP contribution in [0.3, 0.4) is 0 Å². The van der Waals surface area contributed by atoms with Gasteiger partial charge in [0.2, 0.25) is 0 Å². The first-order chi connectivity index (χ1) is 8.07. The second kappa shape index (κ2) is 7.34. The Morgan fingerprint density at radius 1 is 1.35 bits per heavy atom. The van der Waals surface area contributed by atoms with Crippen LogP contribution in [0.2, 0.25) is 0 Å². The highest BCUT2D eigenvalue weighted by atomic mass is 32.2. The number of sulfone groups is 1. The van der Waals surface area contributed by atoms with E-state index in [4.69, 9.17) is 0 Å². The maximum absolute atomic E-state index is 11.4. The van der Waals surface area contributed by atoms with Crippen LogP contribution in [0, 0.1) is 0 Å². The lowest BCUT2D eigenvalue weighted by molar-refractivity contribution is 0.266. The van der Waals surface area contributed by atoms with E-state index >= 15 is 0 Å². The molecule has 1 heterocycles. The number of hydrogen-bond donors (Lipinski definition) is 1. The van der Waals surface area contributed by atoms with Crippen LogP contribution in [0.15, 0.2) is 0 Å². The van der Waals surface area contributed by atoms with Crippen molar-refractivity contribution in [3.05, 3.63) is 0 Å². The van der Waals surface area contributed by atoms with Gasteiger partial charge >= 0.3 is 0 Å². The van der Waals surface area contributed by atoms with Gasteiger partial charge in [0.15, 0.2) is 0 Å². The Balaban J connectivity index is 2.30. The number of rotatable bonds is 6. The third kappa shape index (κ3) is 5.84. The molecular formula is C12H26N2O2S. The van der Waals surface area contributed by atoms with E-state index in [0.29, 0.717) is 11.8 Å². The Bertz CT molecular complexity index is 304. The Hall–Kier alpha value is -0.130. The molecule has 0 bridgehead atoms. The minimum atomic E-state index is -2.79. The van der Waals surface area contributed by atoms with Crippen molar-refractivity contribution >= 4 is 9.84 Å². The summed E-state index contributed by atoms with van der Waals surface area (Å²) in [6, 6.07) is 0.570. The SMILES string of the molecule is CCC1CN(CCCS(=O)(=O)CC)CCCN1. The van der Waals surface area contributed by atoms with Crippen LogP contribution >= 0.6 is 0 Å². The molecule has 0 aromatic heterocycles. The predicted molar refractivity (Wildman–Crippen MR) is 72.1 cm³/mol. The van der Waals surface area contributed by atoms with Crippen LogP contribution < -0.4 is 5.32 Å². The van der Waals surface area contributed by atoms with E-state index in [2.05, 4.69) is 17.1 Å². The summed E-state index contributed by atoms with van der Waals surface area (Å²) in [4.78, 5) is 2.40. The summed E-state index contributed by atoms with van der Waals surface area (Å²) in [7, 11) is -2.79. The zero-order chi connectivity index (χ0) is 12.7. The normalized spacial score (nSPS) is 23.5. The largest absolute Gasteiger partial charge is 0.313 e. The first-order valence-electron chi connectivity index (χ1n) is 6.73. The second-order valence-corrected chi connectivity index (χ2v) is 7.28.